The molecule has 0 saturated carbocycles. The van der Waals surface area contributed by atoms with Crippen LogP contribution in [0, 0.1) is 0 Å². The Morgan fingerprint density at radius 2 is 0.887 bits per heavy atom. The van der Waals surface area contributed by atoms with Crippen LogP contribution < -0.4 is 0 Å². The van der Waals surface area contributed by atoms with E-state index >= 15 is 0 Å². The molecule has 62 heavy (non-hydrogen) atoms. The predicted octanol–water partition coefficient (Wildman–Crippen LogP) is 15.1. The molecule has 0 aliphatic carbocycles. The second kappa shape index (κ2) is 13.6. The van der Waals surface area contributed by atoms with Gasteiger partial charge in [-0.1, -0.05) is 164 Å². The number of fused-ring (bicyclic) bond motifs is 10. The average molecular weight is 789 g/mol. The van der Waals surface area contributed by atoms with Gasteiger partial charge in [-0.15, -0.1) is 0 Å². The molecule has 4 heteroatoms. The number of rotatable bonds is 5. The van der Waals surface area contributed by atoms with E-state index in [-0.39, 0.29) is 0 Å². The molecule has 0 fully saturated rings. The summed E-state index contributed by atoms with van der Waals surface area (Å²) in [6.07, 6.45) is 0. The number of nitrogens with zero attached hydrogens (tertiary/aromatic N) is 4. The van der Waals surface area contributed by atoms with E-state index in [2.05, 4.69) is 221 Å². The first-order valence-electron chi connectivity index (χ1n) is 21.2. The van der Waals surface area contributed by atoms with E-state index in [1.54, 1.807) is 0 Å². The Balaban J connectivity index is 1.11. The highest BCUT2D eigenvalue weighted by molar-refractivity contribution is 6.27. The zero-order valence-corrected chi connectivity index (χ0v) is 33.6. The molecular formula is C58H36N4. The van der Waals surface area contributed by atoms with Crippen molar-refractivity contribution in [2.45, 2.75) is 0 Å². The van der Waals surface area contributed by atoms with Gasteiger partial charge >= 0.3 is 0 Å². The summed E-state index contributed by atoms with van der Waals surface area (Å²) < 4.78 is 4.93. The molecule has 288 valence electrons. The van der Waals surface area contributed by atoms with Crippen molar-refractivity contribution in [3.63, 3.8) is 0 Å². The normalized spacial score (nSPS) is 11.9. The lowest BCUT2D eigenvalue weighted by Crippen LogP contribution is -1.99. The van der Waals surface area contributed by atoms with Crippen LogP contribution in [0.2, 0.25) is 0 Å². The lowest BCUT2D eigenvalue weighted by molar-refractivity contribution is 1.17. The van der Waals surface area contributed by atoms with Crippen molar-refractivity contribution in [1.82, 2.24) is 19.1 Å². The minimum atomic E-state index is 0.712. The third-order valence-electron chi connectivity index (χ3n) is 12.7. The summed E-state index contributed by atoms with van der Waals surface area (Å²) in [5.41, 5.74) is 13.3. The zero-order valence-electron chi connectivity index (χ0n) is 33.6. The Morgan fingerprint density at radius 3 is 1.65 bits per heavy atom. The van der Waals surface area contributed by atoms with Gasteiger partial charge < -0.3 is 9.13 Å². The highest BCUT2D eigenvalue weighted by Gasteiger charge is 2.23. The van der Waals surface area contributed by atoms with Crippen molar-refractivity contribution in [2.75, 3.05) is 0 Å². The highest BCUT2D eigenvalue weighted by atomic mass is 15.0. The van der Waals surface area contributed by atoms with Gasteiger partial charge in [0.05, 0.1) is 39.0 Å². The molecule has 0 saturated heterocycles. The fourth-order valence-corrected chi connectivity index (χ4v) is 10.00. The Hall–Kier alpha value is -8.34. The monoisotopic (exact) mass is 788 g/mol. The summed E-state index contributed by atoms with van der Waals surface area (Å²) in [5, 5.41) is 10.7. The van der Waals surface area contributed by atoms with Crippen LogP contribution in [0.4, 0.5) is 0 Å². The van der Waals surface area contributed by atoms with Crippen molar-refractivity contribution in [2.24, 2.45) is 0 Å². The molecule has 0 atom stereocenters. The summed E-state index contributed by atoms with van der Waals surface area (Å²) in [6.45, 7) is 0. The topological polar surface area (TPSA) is 35.6 Å². The third-order valence-corrected chi connectivity index (χ3v) is 12.7. The summed E-state index contributed by atoms with van der Waals surface area (Å²) in [7, 11) is 0. The van der Waals surface area contributed by atoms with E-state index in [9.17, 15) is 0 Å². The SMILES string of the molecule is c1ccc(-c2nc(-c3ccc(-n4c5ccccc5c5cc6c7c8ccccc8c(-c8ccccc8)cc7n(-c7ccccc7)c6cc54)c4ccccc34)nc3ccccc23)cc1. The van der Waals surface area contributed by atoms with E-state index in [0.29, 0.717) is 5.82 Å². The van der Waals surface area contributed by atoms with Gasteiger partial charge in [0, 0.05) is 49.1 Å². The molecule has 13 rings (SSSR count). The lowest BCUT2D eigenvalue weighted by Gasteiger charge is -2.15. The zero-order chi connectivity index (χ0) is 40.7. The van der Waals surface area contributed by atoms with Gasteiger partial charge in [0.1, 0.15) is 0 Å². The standard InChI is InChI=1S/C58H36N4/c1-4-18-37(19-5-1)47-35-55-56(44-28-13-11-25-41(44)47)49-34-48-43-27-15-17-31-51(43)62(53(48)36-54(49)61(55)39-22-8-3-9-23-39)52-33-32-45(40-24-10-12-26-42(40)52)58-59-50-30-16-14-29-46(50)57(60-58)38-20-6-2-7-21-38/h1-36H. The van der Waals surface area contributed by atoms with Crippen molar-refractivity contribution < 1.29 is 0 Å². The molecule has 4 nitrogen and oxygen atoms in total. The summed E-state index contributed by atoms with van der Waals surface area (Å²) in [4.78, 5) is 10.5. The second-order valence-corrected chi connectivity index (χ2v) is 16.1. The van der Waals surface area contributed by atoms with Gasteiger partial charge in [-0.25, -0.2) is 9.97 Å². The minimum absolute atomic E-state index is 0.712. The molecule has 0 bridgehead atoms. The van der Waals surface area contributed by atoms with Crippen LogP contribution in [-0.4, -0.2) is 19.1 Å². The summed E-state index contributed by atoms with van der Waals surface area (Å²) in [6, 6.07) is 78.6. The predicted molar refractivity (Wildman–Crippen MR) is 260 cm³/mol. The van der Waals surface area contributed by atoms with Gasteiger partial charge in [-0.05, 0) is 81.9 Å². The molecule has 3 heterocycles. The van der Waals surface area contributed by atoms with Gasteiger partial charge in [-0.3, -0.25) is 0 Å². The first-order valence-corrected chi connectivity index (χ1v) is 21.2. The van der Waals surface area contributed by atoms with Gasteiger partial charge in [0.2, 0.25) is 0 Å². The molecule has 0 N–H and O–H groups in total. The number of hydrogen-bond acceptors (Lipinski definition) is 2. The van der Waals surface area contributed by atoms with E-state index in [4.69, 9.17) is 9.97 Å². The summed E-state index contributed by atoms with van der Waals surface area (Å²) >= 11 is 0. The fraction of sp³-hybridized carbons (Fsp3) is 0. The molecule has 3 aromatic heterocycles. The largest absolute Gasteiger partial charge is 0.309 e. The maximum Gasteiger partial charge on any atom is 0.161 e. The average Bonchev–Trinajstić information content (AvgIpc) is 3.84. The fourth-order valence-electron chi connectivity index (χ4n) is 10.00. The van der Waals surface area contributed by atoms with Crippen molar-refractivity contribution in [1.29, 1.82) is 0 Å². The Kier molecular flexibility index (Phi) is 7.57. The Bertz CT molecular complexity index is 3900. The number of aromatic nitrogens is 4. The van der Waals surface area contributed by atoms with Gasteiger partial charge in [0.25, 0.3) is 0 Å². The maximum absolute atomic E-state index is 5.30. The molecule has 0 radical (unpaired) electrons. The number of hydrogen-bond donors (Lipinski definition) is 0. The first-order chi connectivity index (χ1) is 30.8. The van der Waals surface area contributed by atoms with Crippen LogP contribution in [0.3, 0.4) is 0 Å². The highest BCUT2D eigenvalue weighted by Crippen LogP contribution is 2.45. The van der Waals surface area contributed by atoms with Crippen LogP contribution in [0.5, 0.6) is 0 Å². The Labute approximate surface area is 357 Å². The number of benzene rings is 10. The van der Waals surface area contributed by atoms with Crippen molar-refractivity contribution in [3.05, 3.63) is 218 Å². The molecule has 10 aromatic carbocycles. The van der Waals surface area contributed by atoms with Crippen LogP contribution in [-0.2, 0) is 0 Å². The molecular weight excluding hydrogens is 753 g/mol. The molecule has 0 amide bonds. The van der Waals surface area contributed by atoms with Gasteiger partial charge in [0.15, 0.2) is 5.82 Å². The van der Waals surface area contributed by atoms with E-state index in [0.717, 1.165) is 66.4 Å². The molecule has 0 aliphatic rings. The van der Waals surface area contributed by atoms with Crippen LogP contribution in [0.1, 0.15) is 0 Å². The van der Waals surface area contributed by atoms with E-state index < -0.39 is 0 Å². The minimum Gasteiger partial charge on any atom is -0.309 e. The second-order valence-electron chi connectivity index (χ2n) is 16.1. The van der Waals surface area contributed by atoms with E-state index in [1.165, 1.54) is 49.0 Å². The van der Waals surface area contributed by atoms with E-state index in [1.807, 2.05) is 6.07 Å². The molecule has 13 aromatic rings. The lowest BCUT2D eigenvalue weighted by atomic mass is 9.94. The molecule has 0 spiro atoms. The maximum atomic E-state index is 5.30. The summed E-state index contributed by atoms with van der Waals surface area (Å²) in [5.74, 6) is 0.712. The third kappa shape index (κ3) is 5.14. The van der Waals surface area contributed by atoms with Crippen molar-refractivity contribution >= 4 is 76.1 Å². The van der Waals surface area contributed by atoms with Gasteiger partial charge in [-0.2, -0.15) is 0 Å². The van der Waals surface area contributed by atoms with Crippen LogP contribution in [0.15, 0.2) is 218 Å². The smallest absolute Gasteiger partial charge is 0.161 e. The van der Waals surface area contributed by atoms with Crippen molar-refractivity contribution in [3.8, 4) is 45.1 Å². The van der Waals surface area contributed by atoms with Crippen LogP contribution in [0.25, 0.3) is 121 Å². The van der Waals surface area contributed by atoms with Crippen LogP contribution >= 0.6 is 0 Å². The quantitative estimate of drug-likeness (QED) is 0.174. The molecule has 0 unspecified atom stereocenters. The number of para-hydroxylation sites is 3. The molecule has 0 aliphatic heterocycles. The Morgan fingerprint density at radius 1 is 0.306 bits per heavy atom. The first kappa shape index (κ1) is 34.5.